The van der Waals surface area contributed by atoms with E-state index >= 15 is 0 Å². The maximum absolute atomic E-state index is 5.97. The summed E-state index contributed by atoms with van der Waals surface area (Å²) in [4.78, 5) is 6.62. The number of benzene rings is 2. The van der Waals surface area contributed by atoms with Gasteiger partial charge in [0.2, 0.25) is 4.77 Å². The van der Waals surface area contributed by atoms with Crippen molar-refractivity contribution in [1.82, 2.24) is 24.2 Å². The molecule has 0 N–H and O–H groups in total. The topological polar surface area (TPSA) is 57.3 Å². The van der Waals surface area contributed by atoms with Crippen molar-refractivity contribution in [3.8, 4) is 28.6 Å². The third-order valence-electron chi connectivity index (χ3n) is 6.36. The number of hydrogen-bond acceptors (Lipinski definition) is 6. The first kappa shape index (κ1) is 23.3. The largest absolute Gasteiger partial charge is 0.497 e. The molecular weight excluding hydrogens is 458 g/mol. The molecule has 4 aromatic rings. The fourth-order valence-electron chi connectivity index (χ4n) is 4.65. The van der Waals surface area contributed by atoms with Crippen LogP contribution in [0.3, 0.4) is 0 Å². The molecule has 0 aliphatic carbocycles. The van der Waals surface area contributed by atoms with E-state index in [2.05, 4.69) is 34.1 Å². The quantitative estimate of drug-likeness (QED) is 0.299. The van der Waals surface area contributed by atoms with E-state index in [9.17, 15) is 0 Å². The molecule has 1 fully saturated rings. The molecule has 5 rings (SSSR count). The molecule has 0 radical (unpaired) electrons. The summed E-state index contributed by atoms with van der Waals surface area (Å²) in [5.74, 6) is 2.50. The van der Waals surface area contributed by atoms with E-state index in [0.717, 1.165) is 48.0 Å². The molecular formula is C27H29N5O2S. The van der Waals surface area contributed by atoms with E-state index in [1.54, 1.807) is 19.5 Å². The number of methoxy groups -OCH3 is 1. The van der Waals surface area contributed by atoms with Gasteiger partial charge < -0.3 is 9.47 Å². The smallest absolute Gasteiger partial charge is 0.204 e. The van der Waals surface area contributed by atoms with Gasteiger partial charge in [-0.3, -0.25) is 14.5 Å². The Labute approximate surface area is 210 Å². The molecule has 1 unspecified atom stereocenters. The average molecular weight is 488 g/mol. The van der Waals surface area contributed by atoms with Gasteiger partial charge in [-0.15, -0.1) is 5.10 Å². The van der Waals surface area contributed by atoms with E-state index in [1.165, 1.54) is 5.56 Å². The lowest BCUT2D eigenvalue weighted by atomic mass is 10.0. The lowest BCUT2D eigenvalue weighted by molar-refractivity contribution is 0.190. The highest BCUT2D eigenvalue weighted by molar-refractivity contribution is 7.71. The second-order valence-electron chi connectivity index (χ2n) is 8.49. The van der Waals surface area contributed by atoms with Crippen LogP contribution < -0.4 is 9.47 Å². The van der Waals surface area contributed by atoms with Gasteiger partial charge in [0.25, 0.3) is 0 Å². The summed E-state index contributed by atoms with van der Waals surface area (Å²) in [5, 5.41) is 4.98. The zero-order valence-corrected chi connectivity index (χ0v) is 20.8. The highest BCUT2D eigenvalue weighted by Crippen LogP contribution is 2.33. The van der Waals surface area contributed by atoms with E-state index in [4.69, 9.17) is 26.8 Å². The Hall–Kier alpha value is -3.49. The maximum atomic E-state index is 5.97. The molecule has 1 atom stereocenters. The van der Waals surface area contributed by atoms with Crippen molar-refractivity contribution in [3.05, 3.63) is 83.4 Å². The van der Waals surface area contributed by atoms with Crippen LogP contribution in [-0.4, -0.2) is 44.5 Å². The van der Waals surface area contributed by atoms with Crippen LogP contribution in [0.1, 0.15) is 31.4 Å². The molecule has 1 aliphatic heterocycles. The molecule has 7 nitrogen and oxygen atoms in total. The lowest BCUT2D eigenvalue weighted by Crippen LogP contribution is -2.27. The molecule has 0 amide bonds. The first-order valence-corrected chi connectivity index (χ1v) is 12.3. The van der Waals surface area contributed by atoms with Crippen LogP contribution in [0.5, 0.6) is 11.5 Å². The van der Waals surface area contributed by atoms with Gasteiger partial charge in [-0.1, -0.05) is 12.1 Å². The molecule has 2 aromatic carbocycles. The standard InChI is InChI=1S/C27H29N5O2S/c1-3-34-24-10-6-20(7-11-24)25-5-4-18-30(25)19-31-27(35)32(22-8-12-23(33-2)13-9-22)26(29-31)21-14-16-28-17-15-21/h6-17,25H,3-5,18-19H2,1-2H3. The van der Waals surface area contributed by atoms with Gasteiger partial charge in [0.05, 0.1) is 26.1 Å². The Balaban J connectivity index is 1.49. The highest BCUT2D eigenvalue weighted by atomic mass is 32.1. The summed E-state index contributed by atoms with van der Waals surface area (Å²) in [6, 6.07) is 20.6. The van der Waals surface area contributed by atoms with Gasteiger partial charge >= 0.3 is 0 Å². The normalized spacial score (nSPS) is 15.9. The summed E-state index contributed by atoms with van der Waals surface area (Å²) in [6.45, 7) is 4.29. The number of likely N-dealkylation sites (tertiary alicyclic amines) is 1. The predicted molar refractivity (Wildman–Crippen MR) is 138 cm³/mol. The Bertz CT molecular complexity index is 1320. The average Bonchev–Trinajstić information content (AvgIpc) is 3.50. The van der Waals surface area contributed by atoms with Gasteiger partial charge in [0, 0.05) is 30.5 Å². The van der Waals surface area contributed by atoms with Gasteiger partial charge in [-0.2, -0.15) is 0 Å². The molecule has 0 spiro atoms. The molecule has 35 heavy (non-hydrogen) atoms. The number of hydrogen-bond donors (Lipinski definition) is 0. The fourth-order valence-corrected chi connectivity index (χ4v) is 4.94. The Morgan fingerprint density at radius 2 is 1.69 bits per heavy atom. The summed E-state index contributed by atoms with van der Waals surface area (Å²) >= 11 is 5.97. The van der Waals surface area contributed by atoms with E-state index in [0.29, 0.717) is 24.1 Å². The first-order chi connectivity index (χ1) is 17.2. The molecule has 0 bridgehead atoms. The third-order valence-corrected chi connectivity index (χ3v) is 6.76. The highest BCUT2D eigenvalue weighted by Gasteiger charge is 2.27. The second-order valence-corrected chi connectivity index (χ2v) is 8.85. The van der Waals surface area contributed by atoms with Gasteiger partial charge in [-0.25, -0.2) is 4.68 Å². The SMILES string of the molecule is CCOc1ccc(C2CCCN2Cn2nc(-c3ccncc3)n(-c3ccc(OC)cc3)c2=S)cc1. The van der Waals surface area contributed by atoms with Crippen LogP contribution in [0.2, 0.25) is 0 Å². The minimum Gasteiger partial charge on any atom is -0.497 e. The maximum Gasteiger partial charge on any atom is 0.204 e. The molecule has 8 heteroatoms. The first-order valence-electron chi connectivity index (χ1n) is 11.9. The van der Waals surface area contributed by atoms with Gasteiger partial charge in [-0.05, 0) is 86.1 Å². The monoisotopic (exact) mass is 487 g/mol. The minimum atomic E-state index is 0.322. The van der Waals surface area contributed by atoms with E-state index in [1.807, 2.05) is 52.6 Å². The Morgan fingerprint density at radius 3 is 2.37 bits per heavy atom. The van der Waals surface area contributed by atoms with Gasteiger partial charge in [0.1, 0.15) is 11.5 Å². The van der Waals surface area contributed by atoms with Gasteiger partial charge in [0.15, 0.2) is 5.82 Å². The van der Waals surface area contributed by atoms with Crippen molar-refractivity contribution in [2.45, 2.75) is 32.5 Å². The van der Waals surface area contributed by atoms with Crippen molar-refractivity contribution in [2.24, 2.45) is 0 Å². The van der Waals surface area contributed by atoms with Crippen LogP contribution in [0.4, 0.5) is 0 Å². The molecule has 180 valence electrons. The number of ether oxygens (including phenoxy) is 2. The van der Waals surface area contributed by atoms with E-state index in [-0.39, 0.29) is 0 Å². The predicted octanol–water partition coefficient (Wildman–Crippen LogP) is 5.67. The summed E-state index contributed by atoms with van der Waals surface area (Å²) < 4.78 is 15.6. The van der Waals surface area contributed by atoms with Crippen LogP contribution >= 0.6 is 12.2 Å². The van der Waals surface area contributed by atoms with Crippen LogP contribution in [0, 0.1) is 4.77 Å². The van der Waals surface area contributed by atoms with Crippen molar-refractivity contribution in [3.63, 3.8) is 0 Å². The molecule has 0 saturated carbocycles. The minimum absolute atomic E-state index is 0.322. The second kappa shape index (κ2) is 10.4. The Morgan fingerprint density at radius 1 is 0.971 bits per heavy atom. The Kier molecular flexibility index (Phi) is 6.92. The summed E-state index contributed by atoms with van der Waals surface area (Å²) in [7, 11) is 1.66. The molecule has 1 aliphatic rings. The third kappa shape index (κ3) is 4.85. The van der Waals surface area contributed by atoms with Crippen LogP contribution in [0.25, 0.3) is 17.1 Å². The molecule has 2 aromatic heterocycles. The van der Waals surface area contributed by atoms with Crippen LogP contribution in [0.15, 0.2) is 73.1 Å². The fraction of sp³-hybridized carbons (Fsp3) is 0.296. The van der Waals surface area contributed by atoms with Crippen molar-refractivity contribution in [2.75, 3.05) is 20.3 Å². The lowest BCUT2D eigenvalue weighted by Gasteiger charge is -2.24. The number of rotatable bonds is 8. The van der Waals surface area contributed by atoms with Crippen LogP contribution in [-0.2, 0) is 6.67 Å². The van der Waals surface area contributed by atoms with Crippen molar-refractivity contribution < 1.29 is 9.47 Å². The number of nitrogens with zero attached hydrogens (tertiary/aromatic N) is 5. The zero-order valence-electron chi connectivity index (χ0n) is 20.0. The molecule has 1 saturated heterocycles. The zero-order chi connectivity index (χ0) is 24.2. The van der Waals surface area contributed by atoms with Crippen molar-refractivity contribution in [1.29, 1.82) is 0 Å². The molecule has 3 heterocycles. The number of aromatic nitrogens is 4. The van der Waals surface area contributed by atoms with Crippen molar-refractivity contribution >= 4 is 12.2 Å². The summed E-state index contributed by atoms with van der Waals surface area (Å²) in [6.07, 6.45) is 5.80. The number of pyridine rings is 1. The van der Waals surface area contributed by atoms with E-state index < -0.39 is 0 Å². The summed E-state index contributed by atoms with van der Waals surface area (Å²) in [5.41, 5.74) is 3.20.